The maximum Gasteiger partial charge on any atom is 0.350 e. The molecule has 0 fully saturated rings. The van der Waals surface area contributed by atoms with Crippen molar-refractivity contribution in [3.8, 4) is 0 Å². The highest BCUT2D eigenvalue weighted by Gasteiger charge is 2.17. The topological polar surface area (TPSA) is 101 Å². The van der Waals surface area contributed by atoms with Crippen LogP contribution < -0.4 is 5.32 Å². The van der Waals surface area contributed by atoms with E-state index in [0.717, 1.165) is 11.3 Å². The van der Waals surface area contributed by atoms with E-state index in [1.165, 1.54) is 18.4 Å². The Morgan fingerprint density at radius 3 is 2.81 bits per heavy atom. The molecule has 7 nitrogen and oxygen atoms in total. The molecule has 2 aromatic rings. The summed E-state index contributed by atoms with van der Waals surface area (Å²) in [7, 11) is 1.29. The summed E-state index contributed by atoms with van der Waals surface area (Å²) < 4.78 is 4.63. The molecule has 0 spiro atoms. The van der Waals surface area contributed by atoms with Crippen LogP contribution in [0.2, 0.25) is 0 Å². The van der Waals surface area contributed by atoms with Gasteiger partial charge < -0.3 is 15.2 Å². The van der Waals surface area contributed by atoms with Crippen LogP contribution in [-0.2, 0) is 22.6 Å². The van der Waals surface area contributed by atoms with E-state index < -0.39 is 5.97 Å². The maximum atomic E-state index is 11.9. The molecule has 0 radical (unpaired) electrons. The van der Waals surface area contributed by atoms with Gasteiger partial charge in [-0.3, -0.25) is 4.79 Å². The Morgan fingerprint density at radius 1 is 1.43 bits per heavy atom. The smallest absolute Gasteiger partial charge is 0.350 e. The number of esters is 1. The lowest BCUT2D eigenvalue weighted by molar-refractivity contribution is -0.115. The summed E-state index contributed by atoms with van der Waals surface area (Å²) in [6.45, 7) is 1.53. The van der Waals surface area contributed by atoms with E-state index in [-0.39, 0.29) is 18.9 Å². The molecule has 2 aromatic heterocycles. The minimum atomic E-state index is -0.474. The van der Waals surface area contributed by atoms with Gasteiger partial charge in [0.1, 0.15) is 9.88 Å². The number of nitrogens with one attached hydrogen (secondary N) is 1. The van der Waals surface area contributed by atoms with Crippen LogP contribution in [0.1, 0.15) is 26.1 Å². The van der Waals surface area contributed by atoms with Crippen LogP contribution in [0.25, 0.3) is 0 Å². The molecule has 0 saturated carbocycles. The summed E-state index contributed by atoms with van der Waals surface area (Å²) in [6, 6.07) is 0. The Hall–Kier alpha value is -1.84. The van der Waals surface area contributed by atoms with Gasteiger partial charge >= 0.3 is 5.97 Å². The number of nitrogens with zero attached hydrogens (tertiary/aromatic N) is 2. The molecule has 2 heterocycles. The second kappa shape index (κ2) is 6.74. The van der Waals surface area contributed by atoms with Crippen LogP contribution in [0.15, 0.2) is 5.38 Å². The largest absolute Gasteiger partial charge is 0.465 e. The average Bonchev–Trinajstić information content (AvgIpc) is 3.04. The van der Waals surface area contributed by atoms with E-state index >= 15 is 0 Å². The number of aromatic nitrogens is 2. The number of carbonyl (C=O) groups is 2. The maximum absolute atomic E-state index is 11.9. The van der Waals surface area contributed by atoms with E-state index in [0.29, 0.717) is 26.4 Å². The number of methoxy groups -OCH3 is 1. The number of rotatable bonds is 5. The third-order valence-corrected chi connectivity index (χ3v) is 4.44. The second-order valence-corrected chi connectivity index (χ2v) is 5.98. The zero-order chi connectivity index (χ0) is 15.4. The van der Waals surface area contributed by atoms with Crippen molar-refractivity contribution in [2.24, 2.45) is 0 Å². The summed E-state index contributed by atoms with van der Waals surface area (Å²) in [5.74, 6) is -0.753. The summed E-state index contributed by atoms with van der Waals surface area (Å²) in [5, 5.41) is 14.2. The van der Waals surface area contributed by atoms with Gasteiger partial charge in [-0.2, -0.15) is 0 Å². The zero-order valence-corrected chi connectivity index (χ0v) is 13.0. The van der Waals surface area contributed by atoms with Crippen LogP contribution in [0.3, 0.4) is 0 Å². The van der Waals surface area contributed by atoms with Gasteiger partial charge in [-0.05, 0) is 6.92 Å². The number of aliphatic hydroxyl groups excluding tert-OH is 1. The monoisotopic (exact) mass is 327 g/mol. The van der Waals surface area contributed by atoms with Crippen molar-refractivity contribution >= 4 is 39.7 Å². The van der Waals surface area contributed by atoms with Crippen molar-refractivity contribution in [3.05, 3.63) is 26.7 Å². The SMILES string of the molecule is COC(=O)c1sc(NC(=O)Cc2nc(CO)cs2)nc1C. The highest BCUT2D eigenvalue weighted by atomic mass is 32.1. The predicted octanol–water partition coefficient (Wildman–Crippen LogP) is 1.37. The second-order valence-electron chi connectivity index (χ2n) is 4.04. The Labute approximate surface area is 128 Å². The van der Waals surface area contributed by atoms with Crippen molar-refractivity contribution in [3.63, 3.8) is 0 Å². The number of carbonyl (C=O) groups excluding carboxylic acids is 2. The van der Waals surface area contributed by atoms with E-state index in [4.69, 9.17) is 5.11 Å². The first-order valence-electron chi connectivity index (χ1n) is 5.93. The number of aliphatic hydroxyl groups is 1. The van der Waals surface area contributed by atoms with Crippen molar-refractivity contribution in [2.75, 3.05) is 12.4 Å². The fourth-order valence-corrected chi connectivity index (χ4v) is 3.22. The summed E-state index contributed by atoms with van der Waals surface area (Å²) in [5.41, 5.74) is 1.06. The Balaban J connectivity index is 2.01. The normalized spacial score (nSPS) is 10.4. The molecule has 0 aliphatic rings. The van der Waals surface area contributed by atoms with Crippen LogP contribution in [0, 0.1) is 6.92 Å². The van der Waals surface area contributed by atoms with Crippen molar-refractivity contribution in [1.29, 1.82) is 0 Å². The zero-order valence-electron chi connectivity index (χ0n) is 11.4. The molecule has 0 saturated heterocycles. The van der Waals surface area contributed by atoms with Gasteiger partial charge in [0, 0.05) is 5.38 Å². The first-order chi connectivity index (χ1) is 10.0. The van der Waals surface area contributed by atoms with Crippen molar-refractivity contribution in [2.45, 2.75) is 20.0 Å². The van der Waals surface area contributed by atoms with Gasteiger partial charge in [-0.1, -0.05) is 11.3 Å². The minimum absolute atomic E-state index is 0.0941. The van der Waals surface area contributed by atoms with Crippen LogP contribution in [0.4, 0.5) is 5.13 Å². The number of aryl methyl sites for hydroxylation is 1. The van der Waals surface area contributed by atoms with Gasteiger partial charge in [-0.25, -0.2) is 14.8 Å². The van der Waals surface area contributed by atoms with Crippen LogP contribution in [0.5, 0.6) is 0 Å². The summed E-state index contributed by atoms with van der Waals surface area (Å²) in [6.07, 6.45) is 0.0941. The lowest BCUT2D eigenvalue weighted by atomic mass is 10.4. The molecule has 2 N–H and O–H groups in total. The Bertz CT molecular complexity index is 665. The van der Waals surface area contributed by atoms with E-state index in [2.05, 4.69) is 20.0 Å². The molecule has 0 unspecified atom stereocenters. The Morgan fingerprint density at radius 2 is 2.19 bits per heavy atom. The third kappa shape index (κ3) is 3.84. The summed E-state index contributed by atoms with van der Waals surface area (Å²) in [4.78, 5) is 31.9. The molecule has 21 heavy (non-hydrogen) atoms. The quantitative estimate of drug-likeness (QED) is 0.804. The summed E-state index contributed by atoms with van der Waals surface area (Å²) >= 11 is 2.37. The van der Waals surface area contributed by atoms with E-state index in [1.54, 1.807) is 12.3 Å². The lowest BCUT2D eigenvalue weighted by Crippen LogP contribution is -2.14. The molecule has 112 valence electrons. The lowest BCUT2D eigenvalue weighted by Gasteiger charge is -1.98. The van der Waals surface area contributed by atoms with Gasteiger partial charge in [0.25, 0.3) is 0 Å². The number of anilines is 1. The van der Waals surface area contributed by atoms with E-state index in [9.17, 15) is 9.59 Å². The molecule has 0 aromatic carbocycles. The fraction of sp³-hybridized carbons (Fsp3) is 0.333. The van der Waals surface area contributed by atoms with Crippen molar-refractivity contribution in [1.82, 2.24) is 9.97 Å². The molecule has 0 atom stereocenters. The fourth-order valence-electron chi connectivity index (χ4n) is 1.54. The third-order valence-electron chi connectivity index (χ3n) is 2.49. The molecular weight excluding hydrogens is 314 g/mol. The van der Waals surface area contributed by atoms with Gasteiger partial charge in [0.2, 0.25) is 5.91 Å². The van der Waals surface area contributed by atoms with Crippen molar-refractivity contribution < 1.29 is 19.4 Å². The first kappa shape index (κ1) is 15.5. The van der Waals surface area contributed by atoms with Crippen LogP contribution >= 0.6 is 22.7 Å². The van der Waals surface area contributed by atoms with Gasteiger partial charge in [-0.15, -0.1) is 11.3 Å². The number of hydrogen-bond donors (Lipinski definition) is 2. The molecule has 1 amide bonds. The van der Waals surface area contributed by atoms with Gasteiger partial charge in [0.05, 0.1) is 31.5 Å². The standard InChI is InChI=1S/C12H13N3O4S2/c1-6-10(11(18)19-2)21-12(13-6)15-8(17)3-9-14-7(4-16)5-20-9/h5,16H,3-4H2,1-2H3,(H,13,15,17). The highest BCUT2D eigenvalue weighted by molar-refractivity contribution is 7.17. The number of hydrogen-bond acceptors (Lipinski definition) is 8. The number of amides is 1. The first-order valence-corrected chi connectivity index (χ1v) is 7.62. The highest BCUT2D eigenvalue weighted by Crippen LogP contribution is 2.23. The molecule has 0 aliphatic heterocycles. The molecule has 2 rings (SSSR count). The molecule has 9 heteroatoms. The Kier molecular flexibility index (Phi) is 4.99. The minimum Gasteiger partial charge on any atom is -0.465 e. The van der Waals surface area contributed by atoms with Gasteiger partial charge in [0.15, 0.2) is 5.13 Å². The number of thiazole rings is 2. The van der Waals surface area contributed by atoms with Crippen LogP contribution in [-0.4, -0.2) is 34.1 Å². The number of ether oxygens (including phenoxy) is 1. The molecule has 0 bridgehead atoms. The van der Waals surface area contributed by atoms with E-state index in [1.807, 2.05) is 0 Å². The average molecular weight is 327 g/mol. The molecule has 0 aliphatic carbocycles. The molecular formula is C12H13N3O4S2. The predicted molar refractivity (Wildman–Crippen MR) is 78.6 cm³/mol.